The van der Waals surface area contributed by atoms with Crippen LogP contribution in [0.5, 0.6) is 0 Å². The second kappa shape index (κ2) is 4.18. The molecule has 1 saturated carbocycles. The highest BCUT2D eigenvalue weighted by Gasteiger charge is 2.45. The van der Waals surface area contributed by atoms with E-state index in [2.05, 4.69) is 30.8 Å². The van der Waals surface area contributed by atoms with E-state index in [0.29, 0.717) is 18.3 Å². The SMILES string of the molecule is C=CCn1ncc(NC2CC2(C)C)c(Cl)c1=O. The number of aromatic nitrogens is 2. The van der Waals surface area contributed by atoms with Crippen molar-refractivity contribution in [3.8, 4) is 0 Å². The molecule has 1 unspecified atom stereocenters. The van der Waals surface area contributed by atoms with Crippen molar-refractivity contribution in [2.24, 2.45) is 5.41 Å². The van der Waals surface area contributed by atoms with E-state index in [0.717, 1.165) is 6.42 Å². The summed E-state index contributed by atoms with van der Waals surface area (Å²) >= 11 is 6.03. The van der Waals surface area contributed by atoms with Crippen molar-refractivity contribution in [1.29, 1.82) is 0 Å². The van der Waals surface area contributed by atoms with Crippen LogP contribution < -0.4 is 10.9 Å². The minimum absolute atomic E-state index is 0.199. The Bertz CT molecular complexity index is 507. The number of allylic oxidation sites excluding steroid dienone is 1. The third kappa shape index (κ3) is 2.36. The number of hydrogen-bond acceptors (Lipinski definition) is 3. The Morgan fingerprint density at radius 3 is 2.94 bits per heavy atom. The van der Waals surface area contributed by atoms with E-state index >= 15 is 0 Å². The van der Waals surface area contributed by atoms with Crippen molar-refractivity contribution < 1.29 is 0 Å². The summed E-state index contributed by atoms with van der Waals surface area (Å²) in [5.41, 5.74) is 0.613. The molecule has 1 aromatic heterocycles. The van der Waals surface area contributed by atoms with Gasteiger partial charge in [-0.1, -0.05) is 31.5 Å². The molecule has 1 aromatic rings. The molecule has 0 aliphatic heterocycles. The van der Waals surface area contributed by atoms with Gasteiger partial charge in [-0.2, -0.15) is 5.10 Å². The Morgan fingerprint density at radius 1 is 1.76 bits per heavy atom. The van der Waals surface area contributed by atoms with E-state index in [1.54, 1.807) is 12.3 Å². The van der Waals surface area contributed by atoms with Crippen LogP contribution in [0.4, 0.5) is 5.69 Å². The van der Waals surface area contributed by atoms with Gasteiger partial charge in [0.2, 0.25) is 0 Å². The van der Waals surface area contributed by atoms with Gasteiger partial charge >= 0.3 is 0 Å². The minimum atomic E-state index is -0.282. The predicted molar refractivity (Wildman–Crippen MR) is 69.5 cm³/mol. The quantitative estimate of drug-likeness (QED) is 0.838. The molecule has 0 spiro atoms. The molecular weight excluding hydrogens is 238 g/mol. The first-order valence-corrected chi connectivity index (χ1v) is 5.96. The van der Waals surface area contributed by atoms with Crippen molar-refractivity contribution >= 4 is 17.3 Å². The van der Waals surface area contributed by atoms with Crippen LogP contribution in [0.1, 0.15) is 20.3 Å². The van der Waals surface area contributed by atoms with Gasteiger partial charge in [0.1, 0.15) is 5.02 Å². The van der Waals surface area contributed by atoms with Gasteiger partial charge in [0.25, 0.3) is 5.56 Å². The van der Waals surface area contributed by atoms with Crippen LogP contribution in [0.3, 0.4) is 0 Å². The molecule has 1 N–H and O–H groups in total. The molecular formula is C12H16ClN3O. The number of nitrogens with one attached hydrogen (secondary N) is 1. The summed E-state index contributed by atoms with van der Waals surface area (Å²) in [6.07, 6.45) is 4.29. The lowest BCUT2D eigenvalue weighted by Gasteiger charge is -2.10. The first kappa shape index (κ1) is 12.2. The van der Waals surface area contributed by atoms with Crippen molar-refractivity contribution in [2.45, 2.75) is 32.9 Å². The van der Waals surface area contributed by atoms with E-state index in [1.165, 1.54) is 4.68 Å². The topological polar surface area (TPSA) is 46.9 Å². The fourth-order valence-electron chi connectivity index (χ4n) is 1.72. The van der Waals surface area contributed by atoms with E-state index < -0.39 is 0 Å². The molecule has 0 aromatic carbocycles. The molecule has 1 atom stereocenters. The van der Waals surface area contributed by atoms with Gasteiger partial charge in [-0.15, -0.1) is 6.58 Å². The summed E-state index contributed by atoms with van der Waals surface area (Å²) in [4.78, 5) is 11.8. The van der Waals surface area contributed by atoms with Gasteiger partial charge in [0.15, 0.2) is 0 Å². The standard InChI is InChI=1S/C12H16ClN3O/c1-4-5-16-11(17)10(13)8(7-14-16)15-9-6-12(9,2)3/h4,7,9,15H,1,5-6H2,2-3H3. The van der Waals surface area contributed by atoms with Crippen LogP contribution in [-0.2, 0) is 6.54 Å². The average Bonchev–Trinajstić information content (AvgIpc) is 2.86. The maximum atomic E-state index is 11.8. The van der Waals surface area contributed by atoms with Crippen LogP contribution in [0, 0.1) is 5.41 Å². The number of rotatable bonds is 4. The molecule has 2 rings (SSSR count). The van der Waals surface area contributed by atoms with Crippen LogP contribution in [-0.4, -0.2) is 15.8 Å². The van der Waals surface area contributed by atoms with Gasteiger partial charge in [0.05, 0.1) is 18.4 Å². The third-order valence-electron chi connectivity index (χ3n) is 3.13. The van der Waals surface area contributed by atoms with Crippen LogP contribution in [0.25, 0.3) is 0 Å². The second-order valence-electron chi connectivity index (χ2n) is 5.04. The van der Waals surface area contributed by atoms with E-state index in [1.807, 2.05) is 0 Å². The maximum absolute atomic E-state index is 11.8. The molecule has 17 heavy (non-hydrogen) atoms. The normalized spacial score (nSPS) is 21.0. The van der Waals surface area contributed by atoms with Gasteiger partial charge in [-0.3, -0.25) is 4.79 Å². The number of halogens is 1. The fourth-order valence-corrected chi connectivity index (χ4v) is 1.92. The summed E-state index contributed by atoms with van der Waals surface area (Å²) in [6, 6.07) is 0.372. The highest BCUT2D eigenvalue weighted by atomic mass is 35.5. The summed E-state index contributed by atoms with van der Waals surface area (Å²) in [5, 5.41) is 7.49. The molecule has 1 aliphatic carbocycles. The van der Waals surface area contributed by atoms with Crippen LogP contribution in [0.2, 0.25) is 5.02 Å². The fraction of sp³-hybridized carbons (Fsp3) is 0.500. The molecule has 0 bridgehead atoms. The van der Waals surface area contributed by atoms with Crippen molar-refractivity contribution in [3.63, 3.8) is 0 Å². The first-order chi connectivity index (χ1) is 7.95. The zero-order valence-electron chi connectivity index (χ0n) is 10.0. The molecule has 4 nitrogen and oxygen atoms in total. The second-order valence-corrected chi connectivity index (χ2v) is 5.42. The summed E-state index contributed by atoms with van der Waals surface area (Å²) in [5.74, 6) is 0. The number of nitrogens with zero attached hydrogens (tertiary/aromatic N) is 2. The summed E-state index contributed by atoms with van der Waals surface area (Å²) in [7, 11) is 0. The summed E-state index contributed by atoms with van der Waals surface area (Å²) in [6.45, 7) is 8.28. The third-order valence-corrected chi connectivity index (χ3v) is 3.50. The summed E-state index contributed by atoms with van der Waals surface area (Å²) < 4.78 is 1.29. The zero-order chi connectivity index (χ0) is 12.6. The monoisotopic (exact) mass is 253 g/mol. The average molecular weight is 254 g/mol. The zero-order valence-corrected chi connectivity index (χ0v) is 10.8. The van der Waals surface area contributed by atoms with Crippen molar-refractivity contribution in [2.75, 3.05) is 5.32 Å². The van der Waals surface area contributed by atoms with Gasteiger partial charge in [-0.25, -0.2) is 4.68 Å². The van der Waals surface area contributed by atoms with Gasteiger partial charge in [0, 0.05) is 6.04 Å². The molecule has 1 fully saturated rings. The number of hydrogen-bond donors (Lipinski definition) is 1. The van der Waals surface area contributed by atoms with Crippen LogP contribution >= 0.6 is 11.6 Å². The van der Waals surface area contributed by atoms with E-state index in [9.17, 15) is 4.79 Å². The minimum Gasteiger partial charge on any atom is -0.379 e. The van der Waals surface area contributed by atoms with Gasteiger partial charge in [-0.05, 0) is 11.8 Å². The molecule has 1 aliphatic rings. The molecule has 0 saturated heterocycles. The van der Waals surface area contributed by atoms with Crippen LogP contribution in [0.15, 0.2) is 23.6 Å². The number of anilines is 1. The van der Waals surface area contributed by atoms with Gasteiger partial charge < -0.3 is 5.32 Å². The highest BCUT2D eigenvalue weighted by molar-refractivity contribution is 6.32. The van der Waals surface area contributed by atoms with Crippen molar-refractivity contribution in [3.05, 3.63) is 34.2 Å². The lowest BCUT2D eigenvalue weighted by atomic mass is 10.2. The maximum Gasteiger partial charge on any atom is 0.287 e. The Balaban J connectivity index is 2.22. The first-order valence-electron chi connectivity index (χ1n) is 5.59. The molecule has 5 heteroatoms. The predicted octanol–water partition coefficient (Wildman–Crippen LogP) is 2.29. The van der Waals surface area contributed by atoms with E-state index in [-0.39, 0.29) is 16.0 Å². The Kier molecular flexibility index (Phi) is 3.00. The molecule has 92 valence electrons. The highest BCUT2D eigenvalue weighted by Crippen LogP contribution is 2.46. The Morgan fingerprint density at radius 2 is 2.41 bits per heavy atom. The Labute approximate surface area is 105 Å². The smallest absolute Gasteiger partial charge is 0.287 e. The lowest BCUT2D eigenvalue weighted by molar-refractivity contribution is 0.627. The largest absolute Gasteiger partial charge is 0.379 e. The molecule has 0 radical (unpaired) electrons. The molecule has 1 heterocycles. The lowest BCUT2D eigenvalue weighted by Crippen LogP contribution is -2.24. The van der Waals surface area contributed by atoms with E-state index in [4.69, 9.17) is 11.6 Å². The molecule has 0 amide bonds. The van der Waals surface area contributed by atoms with Crippen molar-refractivity contribution in [1.82, 2.24) is 9.78 Å². The Hall–Kier alpha value is -1.29.